The average Bonchev–Trinajstić information content (AvgIpc) is 4.42. The molecule has 80 heavy (non-hydrogen) atoms. The van der Waals surface area contributed by atoms with E-state index in [1.165, 1.54) is 48.1 Å². The molecule has 0 atom stereocenters. The Balaban J connectivity index is 0.000000120. The van der Waals surface area contributed by atoms with Crippen LogP contribution in [0.5, 0.6) is 11.5 Å². The highest BCUT2D eigenvalue weighted by Gasteiger charge is 2.31. The zero-order valence-electron chi connectivity index (χ0n) is 45.4. The number of carbonyl (C=O) groups is 4. The Bertz CT molecular complexity index is 3660. The van der Waals surface area contributed by atoms with Crippen molar-refractivity contribution in [2.75, 3.05) is 20.9 Å². The van der Waals surface area contributed by atoms with Crippen LogP contribution in [0.15, 0.2) is 196 Å². The van der Waals surface area contributed by atoms with Gasteiger partial charge in [-0.1, -0.05) is 36.4 Å². The van der Waals surface area contributed by atoms with Gasteiger partial charge in [0, 0.05) is 110 Å². The zero-order valence-corrected chi connectivity index (χ0v) is 45.4. The molecule has 0 bridgehead atoms. The minimum Gasteiger partial charge on any atom is -0.454 e. The highest BCUT2D eigenvalue weighted by atomic mass is 16.7. The average molecular weight is 1070 g/mol. The van der Waals surface area contributed by atoms with Crippen LogP contribution in [-0.4, -0.2) is 112 Å². The number of pyridine rings is 4. The normalized spacial score (nSPS) is 12.4. The van der Waals surface area contributed by atoms with Gasteiger partial charge < -0.3 is 32.3 Å². The van der Waals surface area contributed by atoms with Crippen molar-refractivity contribution in [2.45, 2.75) is 6.92 Å². The van der Waals surface area contributed by atoms with Crippen LogP contribution in [0, 0.1) is 6.92 Å². The van der Waals surface area contributed by atoms with Gasteiger partial charge in [-0.3, -0.25) is 38.9 Å². The molecule has 0 saturated heterocycles. The molecule has 9 aromatic heterocycles. The standard InChI is InChI=1S/C9H7NO2.C9H9N.C8H8N2.C8H8O2.3C7H7N3.C5H5NO2/c1-10-8(11)6-4-2-3-5-7(6)9(10)12;1-10-7-6-8-4-2-3-5-9(8)10;1-10-6-4-7-3-2-5-9-8(7)10;1-6-2-3-7-8(4-6)10-5-9-7;1-10-5-9-6-4-8-3-2-7(6)10;1-10-5-9-6-2-3-8-4-7(6)10;1-10-5-9-6-3-2-4-8-7(6)10;1-6-4(7)2-3-5(6)8/h2-5H,1H3;2-7H,1H3;2-6H,1H3;2-4H,5H2,1H3;3*2-5H,1H3;2-3H,1H3. The highest BCUT2D eigenvalue weighted by molar-refractivity contribution is 6.21. The SMILES string of the molecule is CN1C(=O)C=CC1=O.CN1C(=O)c2ccccc2C1=O.Cc1ccc2c(c1)OCO2.Cn1ccc2ccccc21.Cn1ccc2cccnc21.Cn1cnc2cccnc21.Cn1cnc2ccncc21.Cn1cnc2cnccc21. The lowest BCUT2D eigenvalue weighted by Crippen LogP contribution is -2.24. The van der Waals surface area contributed by atoms with Crippen LogP contribution >= 0.6 is 0 Å². The predicted octanol–water partition coefficient (Wildman–Crippen LogP) is 8.83. The Kier molecular flexibility index (Phi) is 18.0. The van der Waals surface area contributed by atoms with Gasteiger partial charge in [0.05, 0.1) is 59.1 Å². The Morgan fingerprint density at radius 3 is 1.66 bits per heavy atom. The number of rotatable bonds is 0. The molecule has 3 aromatic carbocycles. The number of aryl methyl sites for hydroxylation is 6. The summed E-state index contributed by atoms with van der Waals surface area (Å²) in [5, 5.41) is 2.51. The number of ether oxygens (including phenoxy) is 2. The second kappa shape index (κ2) is 25.9. The van der Waals surface area contributed by atoms with E-state index in [4.69, 9.17) is 9.47 Å². The summed E-state index contributed by atoms with van der Waals surface area (Å²) >= 11 is 0. The molecule has 0 N–H and O–H groups in total. The molecule has 0 fully saturated rings. The third-order valence-electron chi connectivity index (χ3n) is 12.5. The number of imidazole rings is 3. The van der Waals surface area contributed by atoms with Crippen molar-refractivity contribution in [2.24, 2.45) is 35.2 Å². The zero-order chi connectivity index (χ0) is 56.7. The molecule has 15 rings (SSSR count). The molecule has 0 radical (unpaired) electrons. The number of likely N-dealkylation sites (N-methyl/N-ethyl adjacent to an activating group) is 1. The first-order valence-electron chi connectivity index (χ1n) is 25.0. The number of para-hydroxylation sites is 1. The second-order valence-corrected chi connectivity index (χ2v) is 18.1. The predicted molar refractivity (Wildman–Crippen MR) is 306 cm³/mol. The molecule has 0 spiro atoms. The summed E-state index contributed by atoms with van der Waals surface area (Å²) in [6.07, 6.45) is 22.6. The summed E-state index contributed by atoms with van der Waals surface area (Å²) in [7, 11) is 12.8. The van der Waals surface area contributed by atoms with Gasteiger partial charge in [-0.2, -0.15) is 0 Å². The molecule has 0 saturated carbocycles. The van der Waals surface area contributed by atoms with E-state index in [1.807, 2.05) is 121 Å². The number of imide groups is 2. The minimum atomic E-state index is -0.241. The van der Waals surface area contributed by atoms with Gasteiger partial charge in [0.15, 0.2) is 17.1 Å². The Hall–Kier alpha value is -10.6. The maximum atomic E-state index is 11.3. The highest BCUT2D eigenvalue weighted by Crippen LogP contribution is 2.32. The number of hydrogen-bond acceptors (Lipinski definition) is 13. The number of nitrogens with zero attached hydrogens (tertiary/aromatic N) is 14. The van der Waals surface area contributed by atoms with Gasteiger partial charge in [-0.15, -0.1) is 0 Å². The summed E-state index contributed by atoms with van der Waals surface area (Å²) < 4.78 is 20.2. The lowest BCUT2D eigenvalue weighted by molar-refractivity contribution is -0.135. The van der Waals surface area contributed by atoms with Crippen LogP contribution in [0.4, 0.5) is 0 Å². The molecule has 20 heteroatoms. The summed E-state index contributed by atoms with van der Waals surface area (Å²) in [6.45, 7) is 2.39. The topological polar surface area (TPSA) is 208 Å². The van der Waals surface area contributed by atoms with Crippen LogP contribution in [0.2, 0.25) is 0 Å². The van der Waals surface area contributed by atoms with E-state index in [0.717, 1.165) is 60.2 Å². The molecular formula is C60H58N14O6. The third-order valence-corrected chi connectivity index (χ3v) is 12.5. The largest absolute Gasteiger partial charge is 0.454 e. The first-order valence-corrected chi connectivity index (χ1v) is 25.0. The van der Waals surface area contributed by atoms with Gasteiger partial charge in [-0.25, -0.2) is 24.9 Å². The molecule has 4 amide bonds. The number of benzene rings is 3. The van der Waals surface area contributed by atoms with Crippen molar-refractivity contribution in [1.29, 1.82) is 0 Å². The fraction of sp³-hybridized carbons (Fsp3) is 0.150. The number of fused-ring (bicyclic) bond motifs is 7. The Labute approximate surface area is 460 Å². The molecule has 3 aliphatic rings. The van der Waals surface area contributed by atoms with Crippen LogP contribution in [0.1, 0.15) is 26.3 Å². The summed E-state index contributed by atoms with van der Waals surface area (Å²) in [5.74, 6) is 0.807. The van der Waals surface area contributed by atoms with Crippen molar-refractivity contribution in [3.8, 4) is 11.5 Å². The maximum Gasteiger partial charge on any atom is 0.261 e. The molecule has 0 unspecified atom stereocenters. The monoisotopic (exact) mass is 1070 g/mol. The van der Waals surface area contributed by atoms with Crippen molar-refractivity contribution in [1.82, 2.24) is 67.5 Å². The molecule has 404 valence electrons. The van der Waals surface area contributed by atoms with E-state index in [9.17, 15) is 19.2 Å². The summed E-state index contributed by atoms with van der Waals surface area (Å²) in [4.78, 5) is 74.3. The van der Waals surface area contributed by atoms with Crippen molar-refractivity contribution in [3.63, 3.8) is 0 Å². The molecule has 3 aliphatic heterocycles. The molecule has 12 aromatic rings. The smallest absolute Gasteiger partial charge is 0.261 e. The van der Waals surface area contributed by atoms with Crippen LogP contribution in [-0.2, 0) is 44.8 Å². The van der Waals surface area contributed by atoms with Gasteiger partial charge in [0.1, 0.15) is 16.7 Å². The van der Waals surface area contributed by atoms with Gasteiger partial charge in [-0.05, 0) is 96.7 Å². The molecule has 12 heterocycles. The minimum absolute atomic E-state index is 0.212. The lowest BCUT2D eigenvalue weighted by Gasteiger charge is -2.02. The van der Waals surface area contributed by atoms with Crippen molar-refractivity contribution >= 4 is 78.8 Å². The number of carbonyl (C=O) groups excluding carboxylic acids is 4. The van der Waals surface area contributed by atoms with Crippen LogP contribution in [0.3, 0.4) is 0 Å². The molecular weight excluding hydrogens is 1010 g/mol. The first kappa shape index (κ1) is 55.6. The summed E-state index contributed by atoms with van der Waals surface area (Å²) in [5.41, 5.74) is 10.6. The molecule has 0 aliphatic carbocycles. The van der Waals surface area contributed by atoms with E-state index < -0.39 is 0 Å². The van der Waals surface area contributed by atoms with E-state index in [0.29, 0.717) is 17.9 Å². The Morgan fingerprint density at radius 1 is 0.425 bits per heavy atom. The first-order chi connectivity index (χ1) is 38.7. The van der Waals surface area contributed by atoms with E-state index in [1.54, 1.807) is 68.0 Å². The number of hydrogen-bond donors (Lipinski definition) is 0. The third kappa shape index (κ3) is 13.5. The quantitative estimate of drug-likeness (QED) is 0.130. The van der Waals surface area contributed by atoms with Gasteiger partial charge in [0.25, 0.3) is 23.6 Å². The summed E-state index contributed by atoms with van der Waals surface area (Å²) in [6, 6.07) is 37.0. The van der Waals surface area contributed by atoms with E-state index in [-0.39, 0.29) is 23.6 Å². The maximum absolute atomic E-state index is 11.3. The van der Waals surface area contributed by atoms with Gasteiger partial charge >= 0.3 is 0 Å². The second-order valence-electron chi connectivity index (χ2n) is 18.1. The number of aromatic nitrogens is 12. The molecule has 20 nitrogen and oxygen atoms in total. The van der Waals surface area contributed by atoms with Crippen molar-refractivity contribution < 1.29 is 28.7 Å². The van der Waals surface area contributed by atoms with Gasteiger partial charge in [0.2, 0.25) is 6.79 Å². The number of amides is 4. The van der Waals surface area contributed by atoms with E-state index >= 15 is 0 Å². The lowest BCUT2D eigenvalue weighted by atomic mass is 10.1. The van der Waals surface area contributed by atoms with E-state index in [2.05, 4.69) is 95.2 Å². The van der Waals surface area contributed by atoms with Crippen LogP contribution < -0.4 is 9.47 Å². The van der Waals surface area contributed by atoms with Crippen LogP contribution in [0.25, 0.3) is 55.2 Å². The van der Waals surface area contributed by atoms with Crippen molar-refractivity contribution in [3.05, 3.63) is 213 Å². The Morgan fingerprint density at radius 2 is 1.00 bits per heavy atom. The fourth-order valence-electron chi connectivity index (χ4n) is 8.03. The fourth-order valence-corrected chi connectivity index (χ4v) is 8.03.